The first-order valence-corrected chi connectivity index (χ1v) is 9.16. The van der Waals surface area contributed by atoms with E-state index in [4.69, 9.17) is 28.9 Å². The van der Waals surface area contributed by atoms with Crippen LogP contribution in [0.3, 0.4) is 0 Å². The minimum absolute atomic E-state index is 0.0648. The summed E-state index contributed by atoms with van der Waals surface area (Å²) in [5.41, 5.74) is 5.53. The molecule has 0 unspecified atom stereocenters. The molecule has 3 N–H and O–H groups in total. The minimum Gasteiger partial charge on any atom is -0.399 e. The van der Waals surface area contributed by atoms with E-state index >= 15 is 0 Å². The van der Waals surface area contributed by atoms with E-state index in [-0.39, 0.29) is 27.1 Å². The minimum atomic E-state index is -3.41. The molecule has 26 heavy (non-hydrogen) atoms. The first-order chi connectivity index (χ1) is 11.9. The number of hydrogen-bond acceptors (Lipinski definition) is 7. The largest absolute Gasteiger partial charge is 0.399 e. The third-order valence-electron chi connectivity index (χ3n) is 2.62. The lowest BCUT2D eigenvalue weighted by Crippen LogP contribution is -2.09. The first-order valence-electron chi connectivity index (χ1n) is 6.52. The van der Waals surface area contributed by atoms with Crippen molar-refractivity contribution >= 4 is 56.0 Å². The van der Waals surface area contributed by atoms with Crippen molar-refractivity contribution in [3.8, 4) is 0 Å². The maximum absolute atomic E-state index is 10.8. The predicted octanol–water partition coefficient (Wildman–Crippen LogP) is 3.45. The third-order valence-corrected chi connectivity index (χ3v) is 3.83. The number of sulfonamides is 1. The molecule has 0 aromatic heterocycles. The highest BCUT2D eigenvalue weighted by molar-refractivity contribution is 7.92. The summed E-state index contributed by atoms with van der Waals surface area (Å²) in [7, 11) is -3.41. The third kappa shape index (κ3) is 6.70. The first kappa shape index (κ1) is 21.4. The van der Waals surface area contributed by atoms with Gasteiger partial charge in [0, 0.05) is 17.8 Å². The van der Waals surface area contributed by atoms with Gasteiger partial charge in [-0.3, -0.25) is 25.0 Å². The van der Waals surface area contributed by atoms with Gasteiger partial charge in [-0.25, -0.2) is 8.42 Å². The van der Waals surface area contributed by atoms with Crippen molar-refractivity contribution in [1.82, 2.24) is 0 Å². The fraction of sp³-hybridized carbons (Fsp3) is 0.0769. The van der Waals surface area contributed by atoms with Crippen LogP contribution in [-0.4, -0.2) is 24.5 Å². The van der Waals surface area contributed by atoms with Crippen molar-refractivity contribution in [1.29, 1.82) is 0 Å². The average Bonchev–Trinajstić information content (AvgIpc) is 2.45. The average molecular weight is 423 g/mol. The van der Waals surface area contributed by atoms with Gasteiger partial charge in [-0.2, -0.15) is 0 Å². The molecule has 2 aromatic rings. The monoisotopic (exact) mass is 422 g/mol. The van der Waals surface area contributed by atoms with E-state index in [2.05, 4.69) is 4.72 Å². The molecule has 0 fully saturated rings. The van der Waals surface area contributed by atoms with Crippen LogP contribution in [0.15, 0.2) is 36.4 Å². The molecule has 0 radical (unpaired) electrons. The lowest BCUT2D eigenvalue weighted by Gasteiger charge is -2.03. The molecule has 0 aliphatic carbocycles. The van der Waals surface area contributed by atoms with Gasteiger partial charge in [0.05, 0.1) is 21.8 Å². The van der Waals surface area contributed by atoms with Gasteiger partial charge in [0.25, 0.3) is 11.4 Å². The van der Waals surface area contributed by atoms with Gasteiger partial charge in [-0.05, 0) is 24.3 Å². The Morgan fingerprint density at radius 2 is 1.42 bits per heavy atom. The molecule has 140 valence electrons. The Kier molecular flexibility index (Phi) is 7.12. The Morgan fingerprint density at radius 1 is 0.962 bits per heavy atom. The molecule has 2 aromatic carbocycles. The van der Waals surface area contributed by atoms with Gasteiger partial charge in [0.15, 0.2) is 0 Å². The van der Waals surface area contributed by atoms with E-state index in [9.17, 15) is 28.6 Å². The second kappa shape index (κ2) is 8.65. The predicted molar refractivity (Wildman–Crippen MR) is 99.1 cm³/mol. The van der Waals surface area contributed by atoms with Crippen LogP contribution in [0.25, 0.3) is 0 Å². The number of hydrogen-bond donors (Lipinski definition) is 2. The lowest BCUT2D eigenvalue weighted by atomic mass is 10.3. The van der Waals surface area contributed by atoms with Crippen LogP contribution in [0.1, 0.15) is 0 Å². The maximum Gasteiger partial charge on any atom is 0.288 e. The van der Waals surface area contributed by atoms with Crippen molar-refractivity contribution in [3.05, 3.63) is 66.7 Å². The molecule has 0 saturated carbocycles. The maximum atomic E-state index is 10.8. The SMILES string of the molecule is CS(=O)(=O)Nc1ccc([N+](=O)[O-])c(Cl)c1.Nc1ccc([N+](=O)[O-])c(Cl)c1. The zero-order valence-corrected chi connectivity index (χ0v) is 15.4. The van der Waals surface area contributed by atoms with E-state index in [0.29, 0.717) is 5.69 Å². The number of nitrogens with one attached hydrogen (secondary N) is 1. The number of halogens is 2. The number of nitro benzene ring substituents is 2. The lowest BCUT2D eigenvalue weighted by molar-refractivity contribution is -0.384. The molecule has 0 bridgehead atoms. The molecule has 10 nitrogen and oxygen atoms in total. The van der Waals surface area contributed by atoms with Crippen molar-refractivity contribution in [3.63, 3.8) is 0 Å². The normalized spacial score (nSPS) is 10.4. The van der Waals surface area contributed by atoms with E-state index in [1.54, 1.807) is 0 Å². The summed E-state index contributed by atoms with van der Waals surface area (Å²) in [5, 5.41) is 20.6. The molecule has 2 rings (SSSR count). The Hall–Kier alpha value is -2.63. The van der Waals surface area contributed by atoms with E-state index < -0.39 is 19.9 Å². The summed E-state index contributed by atoms with van der Waals surface area (Å²) in [5.74, 6) is 0. The second-order valence-corrected chi connectivity index (χ2v) is 7.33. The molecule has 0 spiro atoms. The molecule has 0 amide bonds. The Balaban J connectivity index is 0.000000273. The van der Waals surface area contributed by atoms with Crippen molar-refractivity contribution in [2.75, 3.05) is 16.7 Å². The van der Waals surface area contributed by atoms with Crippen molar-refractivity contribution < 1.29 is 18.3 Å². The zero-order valence-electron chi connectivity index (χ0n) is 13.0. The van der Waals surface area contributed by atoms with E-state index in [1.807, 2.05) is 0 Å². The second-order valence-electron chi connectivity index (χ2n) is 4.77. The van der Waals surface area contributed by atoms with Crippen molar-refractivity contribution in [2.24, 2.45) is 0 Å². The highest BCUT2D eigenvalue weighted by atomic mass is 35.5. The Bertz CT molecular complexity index is 952. The summed E-state index contributed by atoms with van der Waals surface area (Å²) < 4.78 is 23.8. The molecule has 0 atom stereocenters. The van der Waals surface area contributed by atoms with Gasteiger partial charge < -0.3 is 5.73 Å². The van der Waals surface area contributed by atoms with Crippen LogP contribution in [0.4, 0.5) is 22.7 Å². The summed E-state index contributed by atoms with van der Waals surface area (Å²) in [6, 6.07) is 7.64. The number of nitrogens with zero attached hydrogens (tertiary/aromatic N) is 2. The summed E-state index contributed by atoms with van der Waals surface area (Å²) >= 11 is 11.1. The number of benzene rings is 2. The number of anilines is 2. The number of rotatable bonds is 4. The molecule has 0 aliphatic heterocycles. The van der Waals surface area contributed by atoms with Gasteiger partial charge >= 0.3 is 0 Å². The molecule has 13 heteroatoms. The van der Waals surface area contributed by atoms with Crippen LogP contribution in [0.5, 0.6) is 0 Å². The number of nitrogens with two attached hydrogens (primary N) is 1. The van der Waals surface area contributed by atoms with Crippen LogP contribution in [0.2, 0.25) is 10.0 Å². The van der Waals surface area contributed by atoms with Crippen molar-refractivity contribution in [2.45, 2.75) is 0 Å². The summed E-state index contributed by atoms with van der Waals surface area (Å²) in [4.78, 5) is 19.4. The van der Waals surface area contributed by atoms with E-state index in [0.717, 1.165) is 12.3 Å². The molecule has 0 aliphatic rings. The fourth-order valence-electron chi connectivity index (χ4n) is 1.60. The molecule has 0 heterocycles. The quantitative estimate of drug-likeness (QED) is 0.433. The number of nitrogen functional groups attached to an aromatic ring is 1. The Labute approximate surface area is 157 Å². The molecule has 0 saturated heterocycles. The fourth-order valence-corrected chi connectivity index (χ4v) is 2.67. The standard InChI is InChI=1S/C7H7ClN2O4S.C6H5ClN2O2/c1-15(13,14)9-5-2-3-7(10(11)12)6(8)4-5;7-5-3-4(8)1-2-6(5)9(10)11/h2-4,9H,1H3;1-3H,8H2. The Morgan fingerprint density at radius 3 is 1.81 bits per heavy atom. The van der Waals surface area contributed by atoms with Gasteiger partial charge in [0.1, 0.15) is 10.0 Å². The summed E-state index contributed by atoms with van der Waals surface area (Å²) in [6.45, 7) is 0. The summed E-state index contributed by atoms with van der Waals surface area (Å²) in [6.07, 6.45) is 0.975. The smallest absolute Gasteiger partial charge is 0.288 e. The van der Waals surface area contributed by atoms with Crippen LogP contribution < -0.4 is 10.5 Å². The number of nitro groups is 2. The van der Waals surface area contributed by atoms with Gasteiger partial charge in [-0.1, -0.05) is 23.2 Å². The van der Waals surface area contributed by atoms with Crippen LogP contribution >= 0.6 is 23.2 Å². The topological polar surface area (TPSA) is 158 Å². The highest BCUT2D eigenvalue weighted by Gasteiger charge is 2.13. The molecular formula is C13H12Cl2N4O6S. The van der Waals surface area contributed by atoms with Gasteiger partial charge in [0.2, 0.25) is 10.0 Å². The van der Waals surface area contributed by atoms with Crippen LogP contribution in [0, 0.1) is 20.2 Å². The zero-order chi connectivity index (χ0) is 20.1. The van der Waals surface area contributed by atoms with E-state index in [1.165, 1.54) is 30.3 Å². The van der Waals surface area contributed by atoms with Gasteiger partial charge in [-0.15, -0.1) is 0 Å². The highest BCUT2D eigenvalue weighted by Crippen LogP contribution is 2.27. The van der Waals surface area contributed by atoms with Crippen LogP contribution in [-0.2, 0) is 10.0 Å². The molecular weight excluding hydrogens is 411 g/mol.